The van der Waals surface area contributed by atoms with Crippen LogP contribution in [0.3, 0.4) is 0 Å². The van der Waals surface area contributed by atoms with Crippen LogP contribution in [-0.4, -0.2) is 19.2 Å². The lowest BCUT2D eigenvalue weighted by atomic mass is 9.92. The molecule has 0 radical (unpaired) electrons. The zero-order chi connectivity index (χ0) is 16.6. The molecule has 0 spiro atoms. The average molecular weight is 316 g/mol. The Labute approximate surface area is 132 Å². The second-order valence-corrected chi connectivity index (χ2v) is 5.23. The standard InChI is InChI=1S/C18H14F2O3/c1-10-7-14(13-5-4-12(19)9-16(13)20)15-8-11(18(21)22-2)3-6-17(15)23-10/h3-10H,1-2H3. The number of fused-ring (bicyclic) bond motifs is 1. The van der Waals surface area contributed by atoms with Crippen molar-refractivity contribution in [1.29, 1.82) is 0 Å². The lowest BCUT2D eigenvalue weighted by Gasteiger charge is -2.24. The van der Waals surface area contributed by atoms with Gasteiger partial charge in [-0.1, -0.05) is 0 Å². The summed E-state index contributed by atoms with van der Waals surface area (Å²) in [5.41, 5.74) is 1.71. The fourth-order valence-electron chi connectivity index (χ4n) is 2.59. The van der Waals surface area contributed by atoms with Crippen LogP contribution in [0.5, 0.6) is 5.75 Å². The van der Waals surface area contributed by atoms with Gasteiger partial charge in [-0.15, -0.1) is 0 Å². The number of carbonyl (C=O) groups excluding carboxylic acids is 1. The highest BCUT2D eigenvalue weighted by molar-refractivity contribution is 5.93. The molecular weight excluding hydrogens is 302 g/mol. The number of hydrogen-bond acceptors (Lipinski definition) is 3. The number of rotatable bonds is 2. The van der Waals surface area contributed by atoms with Crippen molar-refractivity contribution in [3.05, 3.63) is 70.8 Å². The van der Waals surface area contributed by atoms with Gasteiger partial charge in [-0.3, -0.25) is 0 Å². The van der Waals surface area contributed by atoms with Crippen molar-refractivity contribution < 1.29 is 23.0 Å². The normalized spacial score (nSPS) is 16.2. The molecule has 0 aromatic heterocycles. The molecule has 2 aromatic carbocycles. The van der Waals surface area contributed by atoms with Crippen molar-refractivity contribution in [2.45, 2.75) is 13.0 Å². The number of ether oxygens (including phenoxy) is 2. The van der Waals surface area contributed by atoms with Crippen LogP contribution in [0.4, 0.5) is 8.78 Å². The summed E-state index contributed by atoms with van der Waals surface area (Å²) < 4.78 is 37.7. The van der Waals surface area contributed by atoms with E-state index in [4.69, 9.17) is 9.47 Å². The van der Waals surface area contributed by atoms with E-state index >= 15 is 0 Å². The van der Waals surface area contributed by atoms with E-state index in [0.29, 0.717) is 22.4 Å². The summed E-state index contributed by atoms with van der Waals surface area (Å²) in [5.74, 6) is -1.27. The highest BCUT2D eigenvalue weighted by Crippen LogP contribution is 2.37. The van der Waals surface area contributed by atoms with Crippen molar-refractivity contribution in [3.63, 3.8) is 0 Å². The summed E-state index contributed by atoms with van der Waals surface area (Å²) >= 11 is 0. The minimum atomic E-state index is -0.667. The maximum absolute atomic E-state index is 14.2. The molecule has 1 atom stereocenters. The Hall–Kier alpha value is -2.69. The van der Waals surface area contributed by atoms with E-state index in [9.17, 15) is 13.6 Å². The van der Waals surface area contributed by atoms with Gasteiger partial charge in [-0.25, -0.2) is 13.6 Å². The second-order valence-electron chi connectivity index (χ2n) is 5.23. The molecule has 3 rings (SSSR count). The molecule has 23 heavy (non-hydrogen) atoms. The molecule has 0 aliphatic carbocycles. The first kappa shape index (κ1) is 15.2. The third-order valence-electron chi connectivity index (χ3n) is 3.63. The highest BCUT2D eigenvalue weighted by atomic mass is 19.1. The molecule has 2 aromatic rings. The number of halogens is 2. The maximum Gasteiger partial charge on any atom is 0.337 e. The van der Waals surface area contributed by atoms with Gasteiger partial charge in [0.1, 0.15) is 23.5 Å². The number of methoxy groups -OCH3 is 1. The Kier molecular flexibility index (Phi) is 3.86. The molecule has 0 amide bonds. The summed E-state index contributed by atoms with van der Waals surface area (Å²) in [7, 11) is 1.29. The minimum Gasteiger partial charge on any atom is -0.486 e. The van der Waals surface area contributed by atoms with Crippen LogP contribution in [0.15, 0.2) is 42.5 Å². The third-order valence-corrected chi connectivity index (χ3v) is 3.63. The minimum absolute atomic E-state index is 0.254. The van der Waals surface area contributed by atoms with Crippen molar-refractivity contribution in [1.82, 2.24) is 0 Å². The Morgan fingerprint density at radius 1 is 1.13 bits per heavy atom. The van der Waals surface area contributed by atoms with E-state index in [0.717, 1.165) is 6.07 Å². The lowest BCUT2D eigenvalue weighted by molar-refractivity contribution is 0.0600. The van der Waals surface area contributed by atoms with Gasteiger partial charge in [0.2, 0.25) is 0 Å². The highest BCUT2D eigenvalue weighted by Gasteiger charge is 2.23. The van der Waals surface area contributed by atoms with E-state index in [2.05, 4.69) is 0 Å². The number of benzene rings is 2. The summed E-state index contributed by atoms with van der Waals surface area (Å²) in [5, 5.41) is 0. The van der Waals surface area contributed by atoms with Crippen molar-refractivity contribution >= 4 is 11.5 Å². The first-order valence-electron chi connectivity index (χ1n) is 7.06. The Morgan fingerprint density at radius 3 is 2.61 bits per heavy atom. The van der Waals surface area contributed by atoms with Crippen LogP contribution < -0.4 is 4.74 Å². The van der Waals surface area contributed by atoms with Gasteiger partial charge >= 0.3 is 5.97 Å². The largest absolute Gasteiger partial charge is 0.486 e. The molecule has 118 valence electrons. The number of esters is 1. The van der Waals surface area contributed by atoms with E-state index in [1.807, 2.05) is 6.92 Å². The predicted octanol–water partition coefficient (Wildman–Crippen LogP) is 3.96. The van der Waals surface area contributed by atoms with Crippen molar-refractivity contribution in [2.24, 2.45) is 0 Å². The average Bonchev–Trinajstić information content (AvgIpc) is 2.53. The van der Waals surface area contributed by atoms with Crippen molar-refractivity contribution in [2.75, 3.05) is 7.11 Å². The van der Waals surface area contributed by atoms with Crippen LogP contribution >= 0.6 is 0 Å². The Morgan fingerprint density at radius 2 is 1.91 bits per heavy atom. The topological polar surface area (TPSA) is 35.5 Å². The number of carbonyl (C=O) groups is 1. The molecule has 1 heterocycles. The van der Waals surface area contributed by atoms with Crippen LogP contribution in [0, 0.1) is 11.6 Å². The summed E-state index contributed by atoms with van der Waals surface area (Å²) in [6, 6.07) is 8.22. The van der Waals surface area contributed by atoms with Gasteiger partial charge in [-0.05, 0) is 48.9 Å². The fourth-order valence-corrected chi connectivity index (χ4v) is 2.59. The molecule has 0 fully saturated rings. The van der Waals surface area contributed by atoms with Crippen LogP contribution in [0.2, 0.25) is 0 Å². The van der Waals surface area contributed by atoms with Gasteiger partial charge in [0.25, 0.3) is 0 Å². The van der Waals surface area contributed by atoms with Crippen LogP contribution in [-0.2, 0) is 4.74 Å². The summed E-state index contributed by atoms with van der Waals surface area (Å²) in [4.78, 5) is 11.7. The van der Waals surface area contributed by atoms with E-state index in [-0.39, 0.29) is 11.7 Å². The lowest BCUT2D eigenvalue weighted by Crippen LogP contribution is -2.16. The molecule has 0 saturated heterocycles. The molecule has 0 N–H and O–H groups in total. The van der Waals surface area contributed by atoms with Crippen LogP contribution in [0.25, 0.3) is 5.57 Å². The monoisotopic (exact) mass is 316 g/mol. The van der Waals surface area contributed by atoms with Crippen molar-refractivity contribution in [3.8, 4) is 5.75 Å². The SMILES string of the molecule is COC(=O)c1ccc2c(c1)C(c1ccc(F)cc1F)=CC(C)O2. The first-order valence-corrected chi connectivity index (χ1v) is 7.06. The zero-order valence-electron chi connectivity index (χ0n) is 12.6. The van der Waals surface area contributed by atoms with Gasteiger partial charge < -0.3 is 9.47 Å². The first-order chi connectivity index (χ1) is 11.0. The summed E-state index contributed by atoms with van der Waals surface area (Å²) in [6.45, 7) is 1.82. The Bertz CT molecular complexity index is 812. The Balaban J connectivity index is 2.16. The van der Waals surface area contributed by atoms with Gasteiger partial charge in [0.15, 0.2) is 0 Å². The predicted molar refractivity (Wildman–Crippen MR) is 81.3 cm³/mol. The second kappa shape index (κ2) is 5.83. The quantitative estimate of drug-likeness (QED) is 0.787. The molecule has 1 aliphatic rings. The van der Waals surface area contributed by atoms with Gasteiger partial charge in [0, 0.05) is 17.2 Å². The molecule has 0 bridgehead atoms. The number of hydrogen-bond donors (Lipinski definition) is 0. The molecule has 1 aliphatic heterocycles. The maximum atomic E-state index is 14.2. The smallest absolute Gasteiger partial charge is 0.337 e. The van der Waals surface area contributed by atoms with E-state index < -0.39 is 17.6 Å². The zero-order valence-corrected chi connectivity index (χ0v) is 12.6. The van der Waals surface area contributed by atoms with Gasteiger partial charge in [0.05, 0.1) is 12.7 Å². The molecular formula is C18H14F2O3. The van der Waals surface area contributed by atoms with E-state index in [1.54, 1.807) is 24.3 Å². The van der Waals surface area contributed by atoms with Crippen LogP contribution in [0.1, 0.15) is 28.4 Å². The molecule has 0 saturated carbocycles. The molecule has 3 nitrogen and oxygen atoms in total. The van der Waals surface area contributed by atoms with E-state index in [1.165, 1.54) is 19.2 Å². The fraction of sp³-hybridized carbons (Fsp3) is 0.167. The molecule has 1 unspecified atom stereocenters. The molecule has 5 heteroatoms. The van der Waals surface area contributed by atoms with Gasteiger partial charge in [-0.2, -0.15) is 0 Å². The third kappa shape index (κ3) is 2.82. The summed E-state index contributed by atoms with van der Waals surface area (Å²) in [6.07, 6.45) is 1.46.